The molecule has 0 spiro atoms. The van der Waals surface area contributed by atoms with Gasteiger partial charge >= 0.3 is 0 Å². The molecule has 0 aliphatic heterocycles. The highest BCUT2D eigenvalue weighted by Gasteiger charge is 2.14. The topological polar surface area (TPSA) is 73.8 Å². The highest BCUT2D eigenvalue weighted by atomic mass is 32.2. The van der Waals surface area contributed by atoms with Gasteiger partial charge in [0.15, 0.2) is 5.16 Å². The Kier molecular flexibility index (Phi) is 4.68. The second-order valence-electron chi connectivity index (χ2n) is 5.43. The highest BCUT2D eigenvalue weighted by Crippen LogP contribution is 2.24. The summed E-state index contributed by atoms with van der Waals surface area (Å²) in [6.07, 6.45) is 1.68. The lowest BCUT2D eigenvalue weighted by Gasteiger charge is -2.10. The van der Waals surface area contributed by atoms with Crippen molar-refractivity contribution in [3.63, 3.8) is 0 Å². The van der Waals surface area contributed by atoms with Crippen molar-refractivity contribution in [1.29, 1.82) is 0 Å². The molecule has 0 saturated carbocycles. The van der Waals surface area contributed by atoms with E-state index in [9.17, 15) is 4.79 Å². The predicted octanol–water partition coefficient (Wildman–Crippen LogP) is 3.99. The molecule has 0 saturated heterocycles. The van der Waals surface area contributed by atoms with Gasteiger partial charge in [0.1, 0.15) is 0 Å². The van der Waals surface area contributed by atoms with Gasteiger partial charge in [-0.05, 0) is 23.6 Å². The zero-order valence-electron chi connectivity index (χ0n) is 13.7. The van der Waals surface area contributed by atoms with Gasteiger partial charge in [-0.25, -0.2) is 4.98 Å². The molecule has 4 rings (SSSR count). The van der Waals surface area contributed by atoms with E-state index in [1.807, 2.05) is 35.0 Å². The summed E-state index contributed by atoms with van der Waals surface area (Å²) in [5.41, 5.74) is 1.52. The van der Waals surface area contributed by atoms with E-state index in [2.05, 4.69) is 21.7 Å². The zero-order valence-corrected chi connectivity index (χ0v) is 15.3. The van der Waals surface area contributed by atoms with Gasteiger partial charge in [-0.2, -0.15) is 16.3 Å². The lowest BCUT2D eigenvalue weighted by atomic mass is 10.2. The van der Waals surface area contributed by atoms with Crippen LogP contribution in [0.1, 0.15) is 5.89 Å². The fraction of sp³-hybridized carbons (Fsp3) is 0.111. The number of allylic oxidation sites excluding steroid dienone is 1. The molecule has 0 radical (unpaired) electrons. The quantitative estimate of drug-likeness (QED) is 0.285. The number of thiophene rings is 1. The van der Waals surface area contributed by atoms with Gasteiger partial charge in [0.2, 0.25) is 11.7 Å². The average Bonchev–Trinajstić information content (AvgIpc) is 3.34. The van der Waals surface area contributed by atoms with Crippen molar-refractivity contribution in [1.82, 2.24) is 19.7 Å². The number of para-hydroxylation sites is 1. The summed E-state index contributed by atoms with van der Waals surface area (Å²) >= 11 is 2.97. The van der Waals surface area contributed by atoms with Gasteiger partial charge in [0.05, 0.1) is 16.7 Å². The molecule has 3 aromatic heterocycles. The molecule has 0 fully saturated rings. The van der Waals surface area contributed by atoms with Crippen molar-refractivity contribution >= 4 is 34.0 Å². The lowest BCUT2D eigenvalue weighted by Crippen LogP contribution is -2.22. The molecule has 3 heterocycles. The van der Waals surface area contributed by atoms with Gasteiger partial charge < -0.3 is 4.52 Å². The van der Waals surface area contributed by atoms with Crippen molar-refractivity contribution in [2.45, 2.75) is 17.5 Å². The Morgan fingerprint density at radius 2 is 2.15 bits per heavy atom. The van der Waals surface area contributed by atoms with E-state index in [0.29, 0.717) is 40.1 Å². The number of thioether (sulfide) groups is 1. The Bertz CT molecular complexity index is 1120. The molecular weight excluding hydrogens is 368 g/mol. The largest absolute Gasteiger partial charge is 0.338 e. The molecule has 6 nitrogen and oxygen atoms in total. The van der Waals surface area contributed by atoms with Crippen LogP contribution in [0.3, 0.4) is 0 Å². The van der Waals surface area contributed by atoms with Crippen molar-refractivity contribution in [3.05, 3.63) is 70.0 Å². The van der Waals surface area contributed by atoms with Gasteiger partial charge in [-0.1, -0.05) is 35.1 Å². The van der Waals surface area contributed by atoms with E-state index in [0.717, 1.165) is 5.56 Å². The van der Waals surface area contributed by atoms with Gasteiger partial charge in [0.25, 0.3) is 5.56 Å². The van der Waals surface area contributed by atoms with E-state index in [1.165, 1.54) is 11.8 Å². The zero-order chi connectivity index (χ0) is 17.9. The van der Waals surface area contributed by atoms with E-state index < -0.39 is 0 Å². The van der Waals surface area contributed by atoms with E-state index in [1.54, 1.807) is 28.0 Å². The maximum absolute atomic E-state index is 12.7. The summed E-state index contributed by atoms with van der Waals surface area (Å²) in [4.78, 5) is 21.7. The summed E-state index contributed by atoms with van der Waals surface area (Å²) in [7, 11) is 0. The second kappa shape index (κ2) is 7.27. The maximum atomic E-state index is 12.7. The second-order valence-corrected chi connectivity index (χ2v) is 7.15. The highest BCUT2D eigenvalue weighted by molar-refractivity contribution is 7.98. The molecule has 8 heteroatoms. The van der Waals surface area contributed by atoms with E-state index in [4.69, 9.17) is 4.52 Å². The summed E-state index contributed by atoms with van der Waals surface area (Å²) in [5.74, 6) is 1.49. The third-order valence-electron chi connectivity index (χ3n) is 3.71. The molecule has 0 bridgehead atoms. The van der Waals surface area contributed by atoms with Crippen molar-refractivity contribution in [2.75, 3.05) is 0 Å². The van der Waals surface area contributed by atoms with Crippen molar-refractivity contribution in [2.24, 2.45) is 0 Å². The minimum atomic E-state index is -0.0810. The monoisotopic (exact) mass is 382 g/mol. The molecule has 130 valence electrons. The summed E-state index contributed by atoms with van der Waals surface area (Å²) in [6, 6.07) is 9.26. The fourth-order valence-corrected chi connectivity index (χ4v) is 3.98. The molecule has 0 atom stereocenters. The Morgan fingerprint density at radius 1 is 1.27 bits per heavy atom. The van der Waals surface area contributed by atoms with E-state index in [-0.39, 0.29) is 5.56 Å². The van der Waals surface area contributed by atoms with E-state index >= 15 is 0 Å². The standard InChI is InChI=1S/C18H14N4O2S2/c1-2-8-22-17(23)13-5-3-4-6-14(13)19-18(22)26-11-15-20-16(21-24-15)12-7-9-25-10-12/h2-7,9-10H,1,8,11H2. The van der Waals surface area contributed by atoms with Crippen LogP contribution in [-0.2, 0) is 12.3 Å². The van der Waals surface area contributed by atoms with Crippen molar-refractivity contribution < 1.29 is 4.52 Å². The van der Waals surface area contributed by atoms with Gasteiger partial charge in [-0.3, -0.25) is 9.36 Å². The SMILES string of the molecule is C=CCn1c(SCc2nc(-c3ccsc3)no2)nc2ccccc2c1=O. The lowest BCUT2D eigenvalue weighted by molar-refractivity contribution is 0.391. The molecule has 0 aliphatic carbocycles. The molecular formula is C18H14N4O2S2. The van der Waals surface area contributed by atoms with Crippen LogP contribution >= 0.6 is 23.1 Å². The third kappa shape index (κ3) is 3.21. The molecule has 26 heavy (non-hydrogen) atoms. The van der Waals surface area contributed by atoms with Gasteiger partial charge in [-0.15, -0.1) is 6.58 Å². The average molecular weight is 382 g/mol. The van der Waals surface area contributed by atoms with Crippen LogP contribution in [0.2, 0.25) is 0 Å². The van der Waals surface area contributed by atoms with Crippen LogP contribution < -0.4 is 5.56 Å². The van der Waals surface area contributed by atoms with Gasteiger partial charge in [0, 0.05) is 17.5 Å². The van der Waals surface area contributed by atoms with Crippen LogP contribution in [-0.4, -0.2) is 19.7 Å². The Morgan fingerprint density at radius 3 is 2.96 bits per heavy atom. The third-order valence-corrected chi connectivity index (χ3v) is 5.35. The minimum absolute atomic E-state index is 0.0810. The first-order valence-corrected chi connectivity index (χ1v) is 9.77. The smallest absolute Gasteiger partial charge is 0.262 e. The first-order valence-electron chi connectivity index (χ1n) is 7.84. The number of fused-ring (bicyclic) bond motifs is 1. The van der Waals surface area contributed by atoms with Crippen LogP contribution in [0.5, 0.6) is 0 Å². The van der Waals surface area contributed by atoms with Crippen LogP contribution in [0, 0.1) is 0 Å². The number of hydrogen-bond acceptors (Lipinski definition) is 7. The Labute approximate surface area is 157 Å². The fourth-order valence-electron chi connectivity index (χ4n) is 2.50. The maximum Gasteiger partial charge on any atom is 0.262 e. The Balaban J connectivity index is 1.63. The minimum Gasteiger partial charge on any atom is -0.338 e. The first-order chi connectivity index (χ1) is 12.8. The van der Waals surface area contributed by atoms with Crippen LogP contribution in [0.4, 0.5) is 0 Å². The predicted molar refractivity (Wildman–Crippen MR) is 103 cm³/mol. The number of hydrogen-bond donors (Lipinski definition) is 0. The molecule has 4 aromatic rings. The first kappa shape index (κ1) is 16.7. The van der Waals surface area contributed by atoms with Crippen molar-refractivity contribution in [3.8, 4) is 11.4 Å². The molecule has 0 amide bonds. The molecule has 1 aromatic carbocycles. The number of benzene rings is 1. The number of rotatable bonds is 6. The molecule has 0 N–H and O–H groups in total. The summed E-state index contributed by atoms with van der Waals surface area (Å²) in [6.45, 7) is 4.12. The summed E-state index contributed by atoms with van der Waals surface area (Å²) in [5, 5.41) is 9.13. The molecule has 0 unspecified atom stereocenters. The Hall–Kier alpha value is -2.71. The number of nitrogens with zero attached hydrogens (tertiary/aromatic N) is 4. The van der Waals surface area contributed by atoms with Crippen LogP contribution in [0.25, 0.3) is 22.3 Å². The summed E-state index contributed by atoms with van der Waals surface area (Å²) < 4.78 is 6.92. The number of aromatic nitrogens is 4. The normalized spacial score (nSPS) is 11.1. The van der Waals surface area contributed by atoms with Crippen LogP contribution in [0.15, 0.2) is 68.2 Å². The molecule has 0 aliphatic rings.